The molecule has 2 aliphatic rings. The molecule has 0 heterocycles. The summed E-state index contributed by atoms with van der Waals surface area (Å²) in [5.41, 5.74) is 17.0. The highest BCUT2D eigenvalue weighted by molar-refractivity contribution is 6.90. The van der Waals surface area contributed by atoms with Gasteiger partial charge in [-0.3, -0.25) is 0 Å². The third-order valence-corrected chi connectivity index (χ3v) is 19.6. The Bertz CT molecular complexity index is 3890. The minimum atomic E-state index is -1.85. The standard InChI is InChI=1S/C67H56N2Si2/c1-70(2,3)64-38-17-15-34-62(64)68(59-36-19-24-45-22-7-9-26-48(45)59)47-40-41-52-53-42-43-61(69(63-35-16-18-39-65(63)71(4,5)6)60-37-20-25-46-23-8-10-27-49(46)60)54-30-21-33-57(66(53)54)67(58(52)44-47)55-31-13-11-28-50(55)51-29-12-14-32-56(51)67/h7-44H,1-6H3. The first kappa shape index (κ1) is 43.3. The fourth-order valence-corrected chi connectivity index (χ4v) is 15.6. The Kier molecular flexibility index (Phi) is 9.84. The van der Waals surface area contributed by atoms with Gasteiger partial charge in [-0.15, -0.1) is 0 Å². The SMILES string of the molecule is C[Si](C)(C)c1ccccc1N(c1ccc2c(c1)C1(c3ccccc3-c3ccccc31)c1cccc3c(N(c4ccccc4[Si](C)(C)C)c4cccc5ccccc45)ccc-2c13)c1cccc2ccccc12. The molecule has 0 saturated carbocycles. The predicted octanol–water partition coefficient (Wildman–Crippen LogP) is 17.5. The average Bonchev–Trinajstić information content (AvgIpc) is 3.69. The van der Waals surface area contributed by atoms with Crippen LogP contribution in [-0.4, -0.2) is 16.1 Å². The maximum atomic E-state index is 2.60. The van der Waals surface area contributed by atoms with Crippen LogP contribution in [0.25, 0.3) is 54.6 Å². The molecular formula is C67H56N2Si2. The largest absolute Gasteiger partial charge is 0.310 e. The van der Waals surface area contributed by atoms with Crippen molar-refractivity contribution in [2.75, 3.05) is 9.80 Å². The summed E-state index contributed by atoms with van der Waals surface area (Å²) in [6.07, 6.45) is 0. The molecule has 0 amide bonds. The zero-order valence-electron chi connectivity index (χ0n) is 41.3. The second-order valence-corrected chi connectivity index (χ2v) is 31.7. The van der Waals surface area contributed by atoms with Crippen LogP contribution < -0.4 is 20.2 Å². The molecule has 0 N–H and O–H groups in total. The van der Waals surface area contributed by atoms with E-state index in [1.807, 2.05) is 0 Å². The van der Waals surface area contributed by atoms with E-state index in [2.05, 4.69) is 280 Å². The van der Waals surface area contributed by atoms with Crippen LogP contribution in [0.2, 0.25) is 39.3 Å². The highest BCUT2D eigenvalue weighted by Gasteiger charge is 2.50. The van der Waals surface area contributed by atoms with Crippen LogP contribution in [-0.2, 0) is 5.41 Å². The average molecular weight is 945 g/mol. The van der Waals surface area contributed by atoms with Gasteiger partial charge in [0.2, 0.25) is 0 Å². The summed E-state index contributed by atoms with van der Waals surface area (Å²) in [5, 5.41) is 10.4. The van der Waals surface area contributed by atoms with Crippen LogP contribution in [0.4, 0.5) is 34.1 Å². The maximum Gasteiger partial charge on any atom is 0.0803 e. The molecule has 11 aromatic carbocycles. The van der Waals surface area contributed by atoms with Crippen LogP contribution in [0.3, 0.4) is 0 Å². The molecule has 11 aromatic rings. The van der Waals surface area contributed by atoms with E-state index in [1.54, 1.807) is 0 Å². The van der Waals surface area contributed by atoms with Gasteiger partial charge in [0.1, 0.15) is 0 Å². The van der Waals surface area contributed by atoms with Crippen LogP contribution >= 0.6 is 0 Å². The zero-order valence-corrected chi connectivity index (χ0v) is 43.3. The molecule has 0 saturated heterocycles. The molecule has 0 bridgehead atoms. The molecule has 2 aliphatic carbocycles. The van der Waals surface area contributed by atoms with E-state index in [0.717, 1.165) is 5.69 Å². The third-order valence-electron chi connectivity index (χ3n) is 15.5. The Hall–Kier alpha value is -7.77. The van der Waals surface area contributed by atoms with E-state index in [0.29, 0.717) is 0 Å². The van der Waals surface area contributed by atoms with Crippen molar-refractivity contribution < 1.29 is 0 Å². The number of hydrogen-bond acceptors (Lipinski definition) is 2. The van der Waals surface area contributed by atoms with E-state index in [-0.39, 0.29) is 0 Å². The molecule has 0 fully saturated rings. The Morgan fingerprint density at radius 1 is 0.296 bits per heavy atom. The van der Waals surface area contributed by atoms with E-state index in [9.17, 15) is 0 Å². The second-order valence-electron chi connectivity index (χ2n) is 21.6. The van der Waals surface area contributed by atoms with Crippen LogP contribution in [0, 0.1) is 0 Å². The lowest BCUT2D eigenvalue weighted by Gasteiger charge is -2.42. The van der Waals surface area contributed by atoms with Gasteiger partial charge in [-0.2, -0.15) is 0 Å². The molecule has 13 rings (SSSR count). The minimum Gasteiger partial charge on any atom is -0.310 e. The van der Waals surface area contributed by atoms with Gasteiger partial charge in [-0.05, 0) is 114 Å². The number of anilines is 6. The summed E-state index contributed by atoms with van der Waals surface area (Å²) in [6.45, 7) is 14.8. The summed E-state index contributed by atoms with van der Waals surface area (Å²) >= 11 is 0. The number of fused-ring (bicyclic) bond motifs is 11. The van der Waals surface area contributed by atoms with Gasteiger partial charge < -0.3 is 9.80 Å². The minimum absolute atomic E-state index is 0.618. The van der Waals surface area contributed by atoms with E-state index < -0.39 is 21.6 Å². The van der Waals surface area contributed by atoms with Crippen molar-refractivity contribution in [1.82, 2.24) is 0 Å². The van der Waals surface area contributed by atoms with Crippen molar-refractivity contribution in [2.24, 2.45) is 0 Å². The fourth-order valence-electron chi connectivity index (χ4n) is 12.5. The smallest absolute Gasteiger partial charge is 0.0803 e. The molecule has 1 spiro atoms. The van der Waals surface area contributed by atoms with Crippen LogP contribution in [0.5, 0.6) is 0 Å². The van der Waals surface area contributed by atoms with E-state index in [4.69, 9.17) is 0 Å². The molecule has 0 unspecified atom stereocenters. The lowest BCUT2D eigenvalue weighted by molar-refractivity contribution is 0.773. The van der Waals surface area contributed by atoms with Gasteiger partial charge in [0.25, 0.3) is 0 Å². The van der Waals surface area contributed by atoms with Crippen LogP contribution in [0.1, 0.15) is 22.3 Å². The summed E-state index contributed by atoms with van der Waals surface area (Å²) in [7, 11) is -3.70. The summed E-state index contributed by atoms with van der Waals surface area (Å²) in [4.78, 5) is 5.17. The lowest BCUT2D eigenvalue weighted by Crippen LogP contribution is -2.40. The molecule has 0 aromatic heterocycles. The van der Waals surface area contributed by atoms with Crippen LogP contribution in [0.15, 0.2) is 231 Å². The third kappa shape index (κ3) is 6.51. The molecule has 0 radical (unpaired) electrons. The number of rotatable bonds is 8. The number of hydrogen-bond donors (Lipinski definition) is 0. The normalized spacial score (nSPS) is 13.3. The highest BCUT2D eigenvalue weighted by atomic mass is 28.3. The zero-order chi connectivity index (χ0) is 48.2. The van der Waals surface area contributed by atoms with Crippen molar-refractivity contribution in [3.63, 3.8) is 0 Å². The monoisotopic (exact) mass is 944 g/mol. The topological polar surface area (TPSA) is 6.48 Å². The summed E-state index contributed by atoms with van der Waals surface area (Å²) in [5.74, 6) is 0. The molecule has 0 aliphatic heterocycles. The van der Waals surface area contributed by atoms with Crippen molar-refractivity contribution in [3.05, 3.63) is 253 Å². The Labute approximate surface area is 420 Å². The van der Waals surface area contributed by atoms with Crippen molar-refractivity contribution >= 4 is 93.0 Å². The first-order valence-corrected chi connectivity index (χ1v) is 32.2. The quantitative estimate of drug-likeness (QED) is 0.140. The molecule has 0 atom stereocenters. The fraction of sp³-hybridized carbons (Fsp3) is 0.104. The van der Waals surface area contributed by atoms with E-state index in [1.165, 1.54) is 116 Å². The molecule has 342 valence electrons. The van der Waals surface area contributed by atoms with Gasteiger partial charge in [0.05, 0.1) is 38.6 Å². The first-order chi connectivity index (χ1) is 34.5. The van der Waals surface area contributed by atoms with Crippen molar-refractivity contribution in [2.45, 2.75) is 44.7 Å². The second kappa shape index (κ2) is 16.1. The molecule has 2 nitrogen and oxygen atoms in total. The molecule has 71 heavy (non-hydrogen) atoms. The number of benzene rings is 11. The Morgan fingerprint density at radius 2 is 0.704 bits per heavy atom. The van der Waals surface area contributed by atoms with Gasteiger partial charge in [-0.1, -0.05) is 227 Å². The maximum absolute atomic E-state index is 2.60. The van der Waals surface area contributed by atoms with Gasteiger partial charge in [-0.25, -0.2) is 0 Å². The number of para-hydroxylation sites is 2. The van der Waals surface area contributed by atoms with Gasteiger partial charge >= 0.3 is 0 Å². The predicted molar refractivity (Wildman–Crippen MR) is 311 cm³/mol. The Balaban J connectivity index is 1.15. The first-order valence-electron chi connectivity index (χ1n) is 25.2. The molecular weight excluding hydrogens is 889 g/mol. The lowest BCUT2D eigenvalue weighted by atomic mass is 9.61. The van der Waals surface area contributed by atoms with Gasteiger partial charge in [0, 0.05) is 33.2 Å². The van der Waals surface area contributed by atoms with Gasteiger partial charge in [0.15, 0.2) is 0 Å². The van der Waals surface area contributed by atoms with Crippen molar-refractivity contribution in [3.8, 4) is 22.3 Å². The summed E-state index contributed by atoms with van der Waals surface area (Å²) in [6, 6.07) is 87.6. The summed E-state index contributed by atoms with van der Waals surface area (Å²) < 4.78 is 0. The Morgan fingerprint density at radius 3 is 1.31 bits per heavy atom. The molecule has 4 heteroatoms. The highest BCUT2D eigenvalue weighted by Crippen LogP contribution is 2.63. The van der Waals surface area contributed by atoms with Crippen molar-refractivity contribution in [1.29, 1.82) is 0 Å². The van der Waals surface area contributed by atoms with E-state index >= 15 is 0 Å². The number of nitrogens with zero attached hydrogens (tertiary/aromatic N) is 2.